The topological polar surface area (TPSA) is 58.0 Å². The number of fused-ring (bicyclic) bond motifs is 1. The molecule has 1 aliphatic rings. The summed E-state index contributed by atoms with van der Waals surface area (Å²) in [6.07, 6.45) is 7.44. The van der Waals surface area contributed by atoms with Crippen molar-refractivity contribution in [1.82, 2.24) is 9.97 Å². The molecular weight excluding hydrogens is 226 g/mol. The summed E-state index contributed by atoms with van der Waals surface area (Å²) in [6, 6.07) is 0.0623. The summed E-state index contributed by atoms with van der Waals surface area (Å²) in [7, 11) is 0. The van der Waals surface area contributed by atoms with Gasteiger partial charge in [-0.05, 0) is 31.6 Å². The Kier molecular flexibility index (Phi) is 4.53. The lowest BCUT2D eigenvalue weighted by atomic mass is 10.0. The number of aromatic nitrogens is 2. The SMILES string of the molecule is CC(C)[C@@H](CO)Nc1ncnc2c1CCCCC2. The molecule has 0 bridgehead atoms. The molecule has 1 aliphatic carbocycles. The molecule has 1 heterocycles. The minimum Gasteiger partial charge on any atom is -0.394 e. The third-order valence-corrected chi connectivity index (χ3v) is 3.70. The molecule has 4 nitrogen and oxygen atoms in total. The fourth-order valence-corrected chi connectivity index (χ4v) is 2.42. The quantitative estimate of drug-likeness (QED) is 0.803. The second-order valence-corrected chi connectivity index (χ2v) is 5.39. The van der Waals surface area contributed by atoms with Gasteiger partial charge in [0.25, 0.3) is 0 Å². The molecular formula is C14H23N3O. The maximum Gasteiger partial charge on any atom is 0.133 e. The van der Waals surface area contributed by atoms with E-state index in [-0.39, 0.29) is 12.6 Å². The lowest BCUT2D eigenvalue weighted by molar-refractivity contribution is 0.249. The van der Waals surface area contributed by atoms with E-state index in [4.69, 9.17) is 0 Å². The molecule has 0 saturated carbocycles. The second kappa shape index (κ2) is 6.14. The lowest BCUT2D eigenvalue weighted by Crippen LogP contribution is -2.30. The second-order valence-electron chi connectivity index (χ2n) is 5.39. The minimum atomic E-state index is 0.0623. The Morgan fingerprint density at radius 2 is 2.00 bits per heavy atom. The number of aryl methyl sites for hydroxylation is 1. The van der Waals surface area contributed by atoms with Gasteiger partial charge in [-0.2, -0.15) is 0 Å². The average molecular weight is 249 g/mol. The van der Waals surface area contributed by atoms with Crippen LogP contribution in [0.5, 0.6) is 0 Å². The minimum absolute atomic E-state index is 0.0623. The number of nitrogens with one attached hydrogen (secondary N) is 1. The van der Waals surface area contributed by atoms with E-state index in [2.05, 4.69) is 29.1 Å². The van der Waals surface area contributed by atoms with E-state index in [1.165, 1.54) is 30.5 Å². The van der Waals surface area contributed by atoms with Crippen molar-refractivity contribution in [2.75, 3.05) is 11.9 Å². The summed E-state index contributed by atoms with van der Waals surface area (Å²) in [5, 5.41) is 12.8. The summed E-state index contributed by atoms with van der Waals surface area (Å²) in [5.74, 6) is 1.31. The van der Waals surface area contributed by atoms with E-state index in [1.807, 2.05) is 0 Å². The van der Waals surface area contributed by atoms with E-state index in [0.717, 1.165) is 18.7 Å². The summed E-state index contributed by atoms with van der Waals surface area (Å²) in [4.78, 5) is 8.77. The molecule has 1 aromatic rings. The van der Waals surface area contributed by atoms with Gasteiger partial charge < -0.3 is 10.4 Å². The highest BCUT2D eigenvalue weighted by Crippen LogP contribution is 2.24. The molecule has 100 valence electrons. The average Bonchev–Trinajstić information content (AvgIpc) is 2.61. The highest BCUT2D eigenvalue weighted by atomic mass is 16.3. The maximum absolute atomic E-state index is 9.41. The Morgan fingerprint density at radius 1 is 1.22 bits per heavy atom. The van der Waals surface area contributed by atoms with Crippen LogP contribution in [0, 0.1) is 5.92 Å². The van der Waals surface area contributed by atoms with Crippen LogP contribution in [-0.4, -0.2) is 27.7 Å². The van der Waals surface area contributed by atoms with Gasteiger partial charge >= 0.3 is 0 Å². The van der Waals surface area contributed by atoms with Crippen LogP contribution in [0.2, 0.25) is 0 Å². The van der Waals surface area contributed by atoms with E-state index in [0.29, 0.717) is 5.92 Å². The first-order valence-electron chi connectivity index (χ1n) is 6.92. The molecule has 1 aromatic heterocycles. The molecule has 18 heavy (non-hydrogen) atoms. The van der Waals surface area contributed by atoms with Crippen molar-refractivity contribution >= 4 is 5.82 Å². The number of aliphatic hydroxyl groups excluding tert-OH is 1. The number of anilines is 1. The van der Waals surface area contributed by atoms with Gasteiger partial charge in [-0.3, -0.25) is 0 Å². The summed E-state index contributed by atoms with van der Waals surface area (Å²) in [5.41, 5.74) is 2.44. The van der Waals surface area contributed by atoms with Gasteiger partial charge in [0.15, 0.2) is 0 Å². The third-order valence-electron chi connectivity index (χ3n) is 3.70. The summed E-state index contributed by atoms with van der Waals surface area (Å²) >= 11 is 0. The molecule has 0 unspecified atom stereocenters. The first-order chi connectivity index (χ1) is 8.72. The van der Waals surface area contributed by atoms with Crippen LogP contribution in [-0.2, 0) is 12.8 Å². The zero-order valence-electron chi connectivity index (χ0n) is 11.3. The molecule has 0 aliphatic heterocycles. The summed E-state index contributed by atoms with van der Waals surface area (Å²) in [6.45, 7) is 4.35. The molecule has 0 radical (unpaired) electrons. The van der Waals surface area contributed by atoms with Crippen LogP contribution in [0.4, 0.5) is 5.82 Å². The van der Waals surface area contributed by atoms with E-state index >= 15 is 0 Å². The number of aliphatic hydroxyl groups is 1. The van der Waals surface area contributed by atoms with Crippen molar-refractivity contribution in [3.05, 3.63) is 17.6 Å². The number of rotatable bonds is 4. The Balaban J connectivity index is 2.22. The van der Waals surface area contributed by atoms with E-state index < -0.39 is 0 Å². The molecule has 1 atom stereocenters. The molecule has 2 N–H and O–H groups in total. The first kappa shape index (κ1) is 13.3. The molecule has 0 spiro atoms. The largest absolute Gasteiger partial charge is 0.394 e. The lowest BCUT2D eigenvalue weighted by Gasteiger charge is -2.22. The standard InChI is InChI=1S/C14H23N3O/c1-10(2)13(8-18)17-14-11-6-4-3-5-7-12(11)15-9-16-14/h9-10,13,18H,3-8H2,1-2H3,(H,15,16,17)/t13-/m1/s1. The van der Waals surface area contributed by atoms with Crippen molar-refractivity contribution in [2.24, 2.45) is 5.92 Å². The molecule has 4 heteroatoms. The number of hydrogen-bond donors (Lipinski definition) is 2. The van der Waals surface area contributed by atoms with E-state index in [1.54, 1.807) is 6.33 Å². The monoisotopic (exact) mass is 249 g/mol. The fourth-order valence-electron chi connectivity index (χ4n) is 2.42. The van der Waals surface area contributed by atoms with Crippen LogP contribution in [0.15, 0.2) is 6.33 Å². The molecule has 0 amide bonds. The molecule has 0 fully saturated rings. The Labute approximate surface area is 109 Å². The Hall–Kier alpha value is -1.16. The normalized spacial score (nSPS) is 17.1. The van der Waals surface area contributed by atoms with Crippen molar-refractivity contribution in [3.8, 4) is 0 Å². The first-order valence-corrected chi connectivity index (χ1v) is 6.92. The van der Waals surface area contributed by atoms with Gasteiger partial charge in [-0.15, -0.1) is 0 Å². The van der Waals surface area contributed by atoms with Gasteiger partial charge in [-0.1, -0.05) is 20.3 Å². The van der Waals surface area contributed by atoms with Crippen LogP contribution in [0.25, 0.3) is 0 Å². The zero-order valence-corrected chi connectivity index (χ0v) is 11.3. The third kappa shape index (κ3) is 2.99. The van der Waals surface area contributed by atoms with Crippen LogP contribution in [0.1, 0.15) is 44.4 Å². The van der Waals surface area contributed by atoms with Crippen LogP contribution >= 0.6 is 0 Å². The van der Waals surface area contributed by atoms with Crippen molar-refractivity contribution in [3.63, 3.8) is 0 Å². The highest BCUT2D eigenvalue weighted by Gasteiger charge is 2.18. The van der Waals surface area contributed by atoms with Crippen molar-refractivity contribution < 1.29 is 5.11 Å². The Morgan fingerprint density at radius 3 is 2.72 bits per heavy atom. The van der Waals surface area contributed by atoms with Crippen molar-refractivity contribution in [1.29, 1.82) is 0 Å². The van der Waals surface area contributed by atoms with Crippen LogP contribution < -0.4 is 5.32 Å². The van der Waals surface area contributed by atoms with E-state index in [9.17, 15) is 5.11 Å². The number of nitrogens with zero attached hydrogens (tertiary/aromatic N) is 2. The number of hydrogen-bond acceptors (Lipinski definition) is 4. The maximum atomic E-state index is 9.41. The van der Waals surface area contributed by atoms with Gasteiger partial charge in [0.1, 0.15) is 12.1 Å². The van der Waals surface area contributed by atoms with Gasteiger partial charge in [0, 0.05) is 11.3 Å². The van der Waals surface area contributed by atoms with Gasteiger partial charge in [-0.25, -0.2) is 9.97 Å². The smallest absolute Gasteiger partial charge is 0.133 e. The van der Waals surface area contributed by atoms with Gasteiger partial charge in [0.2, 0.25) is 0 Å². The molecule has 0 saturated heterocycles. The predicted octanol–water partition coefficient (Wildman–Crippen LogP) is 2.17. The van der Waals surface area contributed by atoms with Crippen molar-refractivity contribution in [2.45, 2.75) is 52.0 Å². The zero-order chi connectivity index (χ0) is 13.0. The van der Waals surface area contributed by atoms with Gasteiger partial charge in [0.05, 0.1) is 12.6 Å². The predicted molar refractivity (Wildman–Crippen MR) is 72.6 cm³/mol. The summed E-state index contributed by atoms with van der Waals surface area (Å²) < 4.78 is 0. The molecule has 0 aromatic carbocycles. The molecule has 2 rings (SSSR count). The fraction of sp³-hybridized carbons (Fsp3) is 0.714. The Bertz CT molecular complexity index is 393. The van der Waals surface area contributed by atoms with Crippen LogP contribution in [0.3, 0.4) is 0 Å². The highest BCUT2D eigenvalue weighted by molar-refractivity contribution is 5.47.